The molecule has 2 N–H and O–H groups in total. The number of nitrogens with one attached hydrogen (secondary N) is 2. The molecule has 2 aromatic carbocycles. The number of aliphatic imine (C=N–C) groups is 1. The van der Waals surface area contributed by atoms with Gasteiger partial charge in [-0.2, -0.15) is 5.10 Å². The molecule has 6 heteroatoms. The Morgan fingerprint density at radius 2 is 1.56 bits per heavy atom. The van der Waals surface area contributed by atoms with Crippen LogP contribution in [0, 0.1) is 0 Å². The maximum absolute atomic E-state index is 4.39. The van der Waals surface area contributed by atoms with Crippen LogP contribution in [0.4, 0.5) is 0 Å². The lowest BCUT2D eigenvalue weighted by molar-refractivity contribution is 0.221. The second-order valence-corrected chi connectivity index (χ2v) is 8.40. The molecule has 0 saturated carbocycles. The van der Waals surface area contributed by atoms with Gasteiger partial charge in [0, 0.05) is 39.1 Å². The van der Waals surface area contributed by atoms with Crippen molar-refractivity contribution >= 4 is 5.96 Å². The van der Waals surface area contributed by atoms with Gasteiger partial charge in [0.15, 0.2) is 5.96 Å². The minimum atomic E-state index is 0.714. The number of likely N-dealkylation sites (tertiary alicyclic amines) is 1. The molecule has 0 amide bonds. The standard InChI is InChI=1S/C26H34N6/c1-27-26(29-19-24-8-3-4-9-25(24)21-32-17-7-14-30-32)28-18-22-10-12-23(13-11-22)20-31-15-5-2-6-16-31/h3-4,7-14,17H,2,5-6,15-16,18-21H2,1H3,(H2,27,28,29). The Balaban J connectivity index is 1.26. The lowest BCUT2D eigenvalue weighted by Crippen LogP contribution is -2.36. The molecule has 4 rings (SSSR count). The number of piperidine rings is 1. The second kappa shape index (κ2) is 11.5. The van der Waals surface area contributed by atoms with E-state index in [4.69, 9.17) is 0 Å². The highest BCUT2D eigenvalue weighted by atomic mass is 15.3. The van der Waals surface area contributed by atoms with Crippen LogP contribution in [-0.4, -0.2) is 40.8 Å². The smallest absolute Gasteiger partial charge is 0.191 e. The van der Waals surface area contributed by atoms with E-state index in [1.807, 2.05) is 30.2 Å². The van der Waals surface area contributed by atoms with Crippen LogP contribution >= 0.6 is 0 Å². The molecule has 0 radical (unpaired) electrons. The fourth-order valence-electron chi connectivity index (χ4n) is 4.18. The summed E-state index contributed by atoms with van der Waals surface area (Å²) < 4.78 is 1.95. The topological polar surface area (TPSA) is 57.5 Å². The Morgan fingerprint density at radius 3 is 2.28 bits per heavy atom. The maximum atomic E-state index is 4.39. The van der Waals surface area contributed by atoms with E-state index in [0.717, 1.165) is 25.6 Å². The molecule has 1 aliphatic rings. The average molecular weight is 431 g/mol. The van der Waals surface area contributed by atoms with Crippen molar-refractivity contribution in [1.29, 1.82) is 0 Å². The van der Waals surface area contributed by atoms with Crippen molar-refractivity contribution in [3.05, 3.63) is 89.2 Å². The predicted octanol–water partition coefficient (Wildman–Crippen LogP) is 3.78. The van der Waals surface area contributed by atoms with Crippen molar-refractivity contribution in [2.45, 2.75) is 45.4 Å². The summed E-state index contributed by atoms with van der Waals surface area (Å²) >= 11 is 0. The van der Waals surface area contributed by atoms with Crippen molar-refractivity contribution in [2.75, 3.05) is 20.1 Å². The fraction of sp³-hybridized carbons (Fsp3) is 0.385. The van der Waals surface area contributed by atoms with Gasteiger partial charge in [0.2, 0.25) is 0 Å². The van der Waals surface area contributed by atoms with Crippen LogP contribution in [0.5, 0.6) is 0 Å². The van der Waals surface area contributed by atoms with Crippen LogP contribution in [0.15, 0.2) is 72.0 Å². The van der Waals surface area contributed by atoms with E-state index in [-0.39, 0.29) is 0 Å². The van der Waals surface area contributed by atoms with Gasteiger partial charge in [-0.05, 0) is 54.3 Å². The number of guanidine groups is 1. The second-order valence-electron chi connectivity index (χ2n) is 8.40. The molecule has 0 aliphatic carbocycles. The molecule has 1 aliphatic heterocycles. The molecule has 0 unspecified atom stereocenters. The zero-order valence-corrected chi connectivity index (χ0v) is 19.0. The Kier molecular flexibility index (Phi) is 7.93. The van der Waals surface area contributed by atoms with Crippen LogP contribution in [0.2, 0.25) is 0 Å². The molecule has 32 heavy (non-hydrogen) atoms. The minimum Gasteiger partial charge on any atom is -0.352 e. The van der Waals surface area contributed by atoms with Gasteiger partial charge >= 0.3 is 0 Å². The Bertz CT molecular complexity index is 972. The number of hydrogen-bond donors (Lipinski definition) is 2. The highest BCUT2D eigenvalue weighted by molar-refractivity contribution is 5.79. The summed E-state index contributed by atoms with van der Waals surface area (Å²) in [6, 6.07) is 19.4. The normalized spacial score (nSPS) is 15.0. The van der Waals surface area contributed by atoms with Crippen molar-refractivity contribution in [3.8, 4) is 0 Å². The number of nitrogens with zero attached hydrogens (tertiary/aromatic N) is 4. The zero-order chi connectivity index (χ0) is 22.0. The van der Waals surface area contributed by atoms with E-state index >= 15 is 0 Å². The third kappa shape index (κ3) is 6.44. The summed E-state index contributed by atoms with van der Waals surface area (Å²) in [7, 11) is 1.81. The molecule has 3 aromatic rings. The Morgan fingerprint density at radius 1 is 0.844 bits per heavy atom. The fourth-order valence-corrected chi connectivity index (χ4v) is 4.18. The Labute approximate surface area is 191 Å². The summed E-state index contributed by atoms with van der Waals surface area (Å²) in [5, 5.41) is 11.2. The first-order valence-corrected chi connectivity index (χ1v) is 11.6. The Hall–Kier alpha value is -3.12. The first kappa shape index (κ1) is 22.1. The summed E-state index contributed by atoms with van der Waals surface area (Å²) in [6.45, 7) is 5.76. The number of benzene rings is 2. The maximum Gasteiger partial charge on any atom is 0.191 e. The summed E-state index contributed by atoms with van der Waals surface area (Å²) in [6.07, 6.45) is 7.85. The lowest BCUT2D eigenvalue weighted by atomic mass is 10.1. The van der Waals surface area contributed by atoms with E-state index in [1.54, 1.807) is 0 Å². The number of aromatic nitrogens is 2. The number of rotatable bonds is 8. The van der Waals surface area contributed by atoms with Gasteiger partial charge in [0.1, 0.15) is 0 Å². The largest absolute Gasteiger partial charge is 0.352 e. The van der Waals surface area contributed by atoms with E-state index in [1.165, 1.54) is 54.6 Å². The van der Waals surface area contributed by atoms with E-state index < -0.39 is 0 Å². The quantitative estimate of drug-likeness (QED) is 0.422. The van der Waals surface area contributed by atoms with Crippen molar-refractivity contribution < 1.29 is 0 Å². The number of hydrogen-bond acceptors (Lipinski definition) is 3. The van der Waals surface area contributed by atoms with Crippen LogP contribution in [0.3, 0.4) is 0 Å². The van der Waals surface area contributed by atoms with Crippen molar-refractivity contribution in [2.24, 2.45) is 4.99 Å². The van der Waals surface area contributed by atoms with Crippen molar-refractivity contribution in [3.63, 3.8) is 0 Å². The van der Waals surface area contributed by atoms with Crippen molar-refractivity contribution in [1.82, 2.24) is 25.3 Å². The first-order chi connectivity index (χ1) is 15.8. The van der Waals surface area contributed by atoms with Gasteiger partial charge in [0.25, 0.3) is 0 Å². The predicted molar refractivity (Wildman–Crippen MR) is 130 cm³/mol. The monoisotopic (exact) mass is 430 g/mol. The first-order valence-electron chi connectivity index (χ1n) is 11.6. The summed E-state index contributed by atoms with van der Waals surface area (Å²) in [4.78, 5) is 6.95. The molecule has 1 saturated heterocycles. The van der Waals surface area contributed by atoms with Gasteiger partial charge in [-0.25, -0.2) is 0 Å². The van der Waals surface area contributed by atoms with Gasteiger partial charge in [-0.3, -0.25) is 14.6 Å². The van der Waals surface area contributed by atoms with E-state index in [2.05, 4.69) is 74.2 Å². The molecule has 168 valence electrons. The van der Waals surface area contributed by atoms with Crippen LogP contribution in [0.25, 0.3) is 0 Å². The molecule has 0 spiro atoms. The van der Waals surface area contributed by atoms with Crippen LogP contribution in [-0.2, 0) is 26.2 Å². The van der Waals surface area contributed by atoms with Gasteiger partial charge < -0.3 is 10.6 Å². The molecular formula is C26H34N6. The summed E-state index contributed by atoms with van der Waals surface area (Å²) in [5.74, 6) is 0.802. The minimum absolute atomic E-state index is 0.714. The van der Waals surface area contributed by atoms with E-state index in [0.29, 0.717) is 6.54 Å². The van der Waals surface area contributed by atoms with E-state index in [9.17, 15) is 0 Å². The SMILES string of the molecule is CN=C(NCc1ccc(CN2CCCCC2)cc1)NCc1ccccc1Cn1cccn1. The van der Waals surface area contributed by atoms with Gasteiger partial charge in [-0.1, -0.05) is 55.0 Å². The molecule has 0 atom stereocenters. The zero-order valence-electron chi connectivity index (χ0n) is 19.0. The third-order valence-corrected chi connectivity index (χ3v) is 6.02. The summed E-state index contributed by atoms with van der Waals surface area (Å²) in [5.41, 5.74) is 5.15. The average Bonchev–Trinajstić information content (AvgIpc) is 3.35. The van der Waals surface area contributed by atoms with Crippen LogP contribution < -0.4 is 10.6 Å². The molecule has 2 heterocycles. The van der Waals surface area contributed by atoms with Gasteiger partial charge in [-0.15, -0.1) is 0 Å². The highest BCUT2D eigenvalue weighted by Crippen LogP contribution is 2.14. The van der Waals surface area contributed by atoms with Crippen LogP contribution in [0.1, 0.15) is 41.5 Å². The van der Waals surface area contributed by atoms with Gasteiger partial charge in [0.05, 0.1) is 6.54 Å². The molecule has 1 fully saturated rings. The highest BCUT2D eigenvalue weighted by Gasteiger charge is 2.10. The molecular weight excluding hydrogens is 396 g/mol. The molecule has 1 aromatic heterocycles. The third-order valence-electron chi connectivity index (χ3n) is 6.02. The molecule has 6 nitrogen and oxygen atoms in total. The lowest BCUT2D eigenvalue weighted by Gasteiger charge is -2.26. The molecule has 0 bridgehead atoms.